The van der Waals surface area contributed by atoms with E-state index in [4.69, 9.17) is 4.74 Å². The van der Waals surface area contributed by atoms with Crippen LogP contribution in [0.3, 0.4) is 0 Å². The largest absolute Gasteiger partial charge is 0.462 e. The molecule has 1 saturated heterocycles. The lowest BCUT2D eigenvalue weighted by Crippen LogP contribution is -2.44. The van der Waals surface area contributed by atoms with Crippen LogP contribution in [0, 0.1) is 0 Å². The van der Waals surface area contributed by atoms with Crippen molar-refractivity contribution in [3.8, 4) is 0 Å². The fraction of sp³-hybridized carbons (Fsp3) is 0.333. The minimum absolute atomic E-state index is 0.212. The number of amides is 4. The molecule has 4 amide bonds. The molecule has 158 valence electrons. The number of anilines is 1. The molecule has 30 heavy (non-hydrogen) atoms. The first-order valence-corrected chi connectivity index (χ1v) is 10.5. The number of rotatable bonds is 8. The summed E-state index contributed by atoms with van der Waals surface area (Å²) < 4.78 is 4.97. The van der Waals surface area contributed by atoms with Crippen LogP contribution in [0.15, 0.2) is 41.8 Å². The summed E-state index contributed by atoms with van der Waals surface area (Å²) in [6.45, 7) is 3.37. The van der Waals surface area contributed by atoms with Crippen molar-refractivity contribution in [2.45, 2.75) is 32.2 Å². The third-order valence-electron chi connectivity index (χ3n) is 4.78. The normalized spacial score (nSPS) is 18.3. The Morgan fingerprint density at radius 1 is 1.17 bits per heavy atom. The smallest absolute Gasteiger partial charge is 0.341 e. The summed E-state index contributed by atoms with van der Waals surface area (Å²) in [6.07, 6.45) is 1.08. The third kappa shape index (κ3) is 4.06. The Morgan fingerprint density at radius 3 is 2.57 bits per heavy atom. The molecule has 8 nitrogen and oxygen atoms in total. The van der Waals surface area contributed by atoms with Crippen molar-refractivity contribution in [2.75, 3.05) is 18.5 Å². The Hall–Kier alpha value is -3.20. The Morgan fingerprint density at radius 2 is 1.90 bits per heavy atom. The molecule has 1 fully saturated rings. The van der Waals surface area contributed by atoms with E-state index in [-0.39, 0.29) is 12.2 Å². The van der Waals surface area contributed by atoms with E-state index in [1.54, 1.807) is 42.6 Å². The SMILES string of the molecule is CCCC1(c2ccccc2)NC(=O)N(CC(=O)Nc2sccc2C(=O)OCC)C1=O. The predicted octanol–water partition coefficient (Wildman–Crippen LogP) is 3.11. The van der Waals surface area contributed by atoms with Crippen LogP contribution >= 0.6 is 11.3 Å². The number of carbonyl (C=O) groups is 4. The van der Waals surface area contributed by atoms with Gasteiger partial charge in [-0.15, -0.1) is 11.3 Å². The standard InChI is InChI=1S/C21H23N3O5S/c1-3-11-21(14-8-6-5-7-9-14)19(27)24(20(28)23-21)13-16(25)22-17-15(10-12-30-17)18(26)29-4-2/h5-10,12H,3-4,11,13H2,1-2H3,(H,22,25)(H,23,28). The van der Waals surface area contributed by atoms with E-state index in [2.05, 4.69) is 10.6 Å². The second kappa shape index (κ2) is 9.08. The van der Waals surface area contributed by atoms with E-state index < -0.39 is 35.9 Å². The van der Waals surface area contributed by atoms with Crippen LogP contribution in [-0.2, 0) is 19.9 Å². The van der Waals surface area contributed by atoms with Crippen molar-refractivity contribution in [1.29, 1.82) is 0 Å². The molecule has 0 saturated carbocycles. The summed E-state index contributed by atoms with van der Waals surface area (Å²) in [5, 5.41) is 7.35. The molecule has 2 heterocycles. The Balaban J connectivity index is 1.77. The van der Waals surface area contributed by atoms with Crippen molar-refractivity contribution in [1.82, 2.24) is 10.2 Å². The van der Waals surface area contributed by atoms with Gasteiger partial charge < -0.3 is 15.4 Å². The zero-order chi connectivity index (χ0) is 21.7. The molecule has 1 aromatic carbocycles. The molecule has 9 heteroatoms. The monoisotopic (exact) mass is 429 g/mol. The minimum Gasteiger partial charge on any atom is -0.462 e. The summed E-state index contributed by atoms with van der Waals surface area (Å²) in [5.41, 5.74) is -0.278. The van der Waals surface area contributed by atoms with Gasteiger partial charge in [-0.05, 0) is 30.4 Å². The van der Waals surface area contributed by atoms with E-state index in [9.17, 15) is 19.2 Å². The van der Waals surface area contributed by atoms with Gasteiger partial charge in [-0.3, -0.25) is 14.5 Å². The number of benzene rings is 1. The van der Waals surface area contributed by atoms with Crippen molar-refractivity contribution < 1.29 is 23.9 Å². The maximum atomic E-state index is 13.2. The topological polar surface area (TPSA) is 105 Å². The molecule has 0 radical (unpaired) electrons. The van der Waals surface area contributed by atoms with Crippen LogP contribution in [0.25, 0.3) is 0 Å². The molecule has 3 rings (SSSR count). The lowest BCUT2D eigenvalue weighted by atomic mass is 9.85. The van der Waals surface area contributed by atoms with Gasteiger partial charge in [-0.1, -0.05) is 43.7 Å². The highest BCUT2D eigenvalue weighted by atomic mass is 32.1. The number of thiophene rings is 1. The van der Waals surface area contributed by atoms with Crippen LogP contribution < -0.4 is 10.6 Å². The van der Waals surface area contributed by atoms with Crippen LogP contribution in [0.1, 0.15) is 42.6 Å². The molecule has 0 bridgehead atoms. The molecule has 0 spiro atoms. The van der Waals surface area contributed by atoms with Crippen LogP contribution in [-0.4, -0.2) is 41.9 Å². The fourth-order valence-electron chi connectivity index (χ4n) is 3.46. The summed E-state index contributed by atoms with van der Waals surface area (Å²) in [5.74, 6) is -1.59. The number of esters is 1. The number of nitrogens with zero attached hydrogens (tertiary/aromatic N) is 1. The van der Waals surface area contributed by atoms with Gasteiger partial charge in [0.2, 0.25) is 5.91 Å². The molecule has 1 aliphatic rings. The molecule has 2 aromatic rings. The molecule has 1 unspecified atom stereocenters. The molecule has 1 aromatic heterocycles. The number of urea groups is 1. The van der Waals surface area contributed by atoms with E-state index in [1.807, 2.05) is 13.0 Å². The lowest BCUT2D eigenvalue weighted by Gasteiger charge is -2.26. The van der Waals surface area contributed by atoms with Gasteiger partial charge in [0.05, 0.1) is 12.2 Å². The summed E-state index contributed by atoms with van der Waals surface area (Å²) >= 11 is 1.16. The highest BCUT2D eigenvalue weighted by molar-refractivity contribution is 7.14. The van der Waals surface area contributed by atoms with Gasteiger partial charge in [0.1, 0.15) is 17.1 Å². The summed E-state index contributed by atoms with van der Waals surface area (Å²) in [6, 6.07) is 9.93. The third-order valence-corrected chi connectivity index (χ3v) is 5.61. The number of hydrogen-bond acceptors (Lipinski definition) is 6. The van der Waals surface area contributed by atoms with E-state index in [0.29, 0.717) is 23.4 Å². The van der Waals surface area contributed by atoms with E-state index >= 15 is 0 Å². The average molecular weight is 429 g/mol. The maximum Gasteiger partial charge on any atom is 0.341 e. The van der Waals surface area contributed by atoms with Gasteiger partial charge in [-0.2, -0.15) is 0 Å². The van der Waals surface area contributed by atoms with Gasteiger partial charge >= 0.3 is 12.0 Å². The van der Waals surface area contributed by atoms with Crippen LogP contribution in [0.2, 0.25) is 0 Å². The first-order valence-electron chi connectivity index (χ1n) is 9.67. The van der Waals surface area contributed by atoms with E-state index in [1.165, 1.54) is 0 Å². The summed E-state index contributed by atoms with van der Waals surface area (Å²) in [7, 11) is 0. The summed E-state index contributed by atoms with van der Waals surface area (Å²) in [4.78, 5) is 51.3. The molecule has 2 N–H and O–H groups in total. The first kappa shape index (κ1) is 21.5. The zero-order valence-electron chi connectivity index (χ0n) is 16.8. The predicted molar refractivity (Wildman–Crippen MR) is 112 cm³/mol. The maximum absolute atomic E-state index is 13.2. The second-order valence-electron chi connectivity index (χ2n) is 6.77. The number of nitrogens with one attached hydrogen (secondary N) is 2. The van der Waals surface area contributed by atoms with Crippen LogP contribution in [0.4, 0.5) is 9.80 Å². The highest BCUT2D eigenvalue weighted by Gasteiger charge is 2.52. The minimum atomic E-state index is -1.19. The van der Waals surface area contributed by atoms with Gasteiger partial charge in [0, 0.05) is 0 Å². The Bertz CT molecular complexity index is 959. The van der Waals surface area contributed by atoms with Crippen molar-refractivity contribution >= 4 is 40.2 Å². The van der Waals surface area contributed by atoms with Gasteiger partial charge in [-0.25, -0.2) is 9.59 Å². The Kier molecular flexibility index (Phi) is 6.51. The number of carbonyl (C=O) groups excluding carboxylic acids is 4. The Labute approximate surface area is 178 Å². The van der Waals surface area contributed by atoms with Crippen molar-refractivity contribution in [3.05, 3.63) is 52.9 Å². The van der Waals surface area contributed by atoms with Crippen molar-refractivity contribution in [3.63, 3.8) is 0 Å². The van der Waals surface area contributed by atoms with Gasteiger partial charge in [0.15, 0.2) is 0 Å². The van der Waals surface area contributed by atoms with Gasteiger partial charge in [0.25, 0.3) is 5.91 Å². The lowest BCUT2D eigenvalue weighted by molar-refractivity contribution is -0.134. The average Bonchev–Trinajstić information content (AvgIpc) is 3.28. The quantitative estimate of drug-likeness (QED) is 0.496. The number of ether oxygens (including phenoxy) is 1. The first-order chi connectivity index (χ1) is 14.4. The van der Waals surface area contributed by atoms with Crippen LogP contribution in [0.5, 0.6) is 0 Å². The fourth-order valence-corrected chi connectivity index (χ4v) is 4.25. The molecule has 0 aliphatic carbocycles. The zero-order valence-corrected chi connectivity index (χ0v) is 17.6. The second-order valence-corrected chi connectivity index (χ2v) is 7.69. The molecule has 1 aliphatic heterocycles. The number of hydrogen-bond donors (Lipinski definition) is 2. The molecular weight excluding hydrogens is 406 g/mol. The molecular formula is C21H23N3O5S. The van der Waals surface area contributed by atoms with E-state index in [0.717, 1.165) is 16.2 Å². The molecule has 1 atom stereocenters. The highest BCUT2D eigenvalue weighted by Crippen LogP contribution is 2.33. The number of imide groups is 1. The van der Waals surface area contributed by atoms with Crippen molar-refractivity contribution in [2.24, 2.45) is 0 Å².